The molecule has 0 aliphatic carbocycles. The first kappa shape index (κ1) is 21.1. The van der Waals surface area contributed by atoms with E-state index in [2.05, 4.69) is 4.90 Å². The first-order chi connectivity index (χ1) is 12.1. The van der Waals surface area contributed by atoms with E-state index in [0.29, 0.717) is 29.7 Å². The summed E-state index contributed by atoms with van der Waals surface area (Å²) in [5, 5.41) is 1.01. The van der Waals surface area contributed by atoms with E-state index in [1.54, 1.807) is 11.0 Å². The summed E-state index contributed by atoms with van der Waals surface area (Å²) in [7, 11) is 0. The Kier molecular flexibility index (Phi) is 7.05. The monoisotopic (exact) mass is 402 g/mol. The number of amides is 1. The molecule has 0 spiro atoms. The van der Waals surface area contributed by atoms with Crippen LogP contribution < -0.4 is 4.74 Å². The number of benzene rings is 1. The Balaban J connectivity index is 2.04. The maximum Gasteiger partial charge on any atom is 0.410 e. The number of ether oxygens (including phenoxy) is 2. The van der Waals surface area contributed by atoms with Crippen molar-refractivity contribution in [2.45, 2.75) is 52.8 Å². The second kappa shape index (κ2) is 8.68. The van der Waals surface area contributed by atoms with Crippen LogP contribution in [0.3, 0.4) is 0 Å². The third kappa shape index (κ3) is 5.66. The van der Waals surface area contributed by atoms with Crippen molar-refractivity contribution in [3.05, 3.63) is 27.7 Å². The first-order valence-corrected chi connectivity index (χ1v) is 9.69. The van der Waals surface area contributed by atoms with Crippen molar-refractivity contribution < 1.29 is 14.3 Å². The van der Waals surface area contributed by atoms with Gasteiger partial charge in [0, 0.05) is 43.9 Å². The number of hydrogen-bond donors (Lipinski definition) is 0. The summed E-state index contributed by atoms with van der Waals surface area (Å²) in [6, 6.07) is 3.69. The van der Waals surface area contributed by atoms with Crippen LogP contribution in [0.25, 0.3) is 0 Å². The summed E-state index contributed by atoms with van der Waals surface area (Å²) < 4.78 is 11.2. The number of carbonyl (C=O) groups is 1. The van der Waals surface area contributed by atoms with Gasteiger partial charge in [-0.3, -0.25) is 4.90 Å². The van der Waals surface area contributed by atoms with Crippen LogP contribution >= 0.6 is 23.2 Å². The quantitative estimate of drug-likeness (QED) is 0.722. The molecule has 1 aromatic carbocycles. The van der Waals surface area contributed by atoms with E-state index in [4.69, 9.17) is 32.7 Å². The van der Waals surface area contributed by atoms with Gasteiger partial charge in [-0.2, -0.15) is 0 Å². The Labute approximate surface area is 166 Å². The molecule has 0 aromatic heterocycles. The SMILES string of the molecule is CCOc1cc(Cl)c(Cl)cc1CN1CCN(C(=O)OC(C)(C)C)[C@@H](C)C1. The maximum atomic E-state index is 12.3. The van der Waals surface area contributed by atoms with E-state index in [9.17, 15) is 4.79 Å². The van der Waals surface area contributed by atoms with Gasteiger partial charge in [-0.15, -0.1) is 0 Å². The van der Waals surface area contributed by atoms with Gasteiger partial charge in [-0.25, -0.2) is 4.79 Å². The minimum Gasteiger partial charge on any atom is -0.493 e. The molecule has 1 aliphatic heterocycles. The van der Waals surface area contributed by atoms with Crippen molar-refractivity contribution in [3.8, 4) is 5.75 Å². The minimum atomic E-state index is -0.486. The summed E-state index contributed by atoms with van der Waals surface area (Å²) >= 11 is 12.3. The Morgan fingerprint density at radius 2 is 1.88 bits per heavy atom. The molecule has 1 heterocycles. The number of rotatable bonds is 4. The standard InChI is InChI=1S/C19H28Cl2N2O3/c1-6-25-17-10-16(21)15(20)9-14(17)12-22-7-8-23(13(2)11-22)18(24)26-19(3,4)5/h9-10,13H,6-8,11-12H2,1-5H3/t13-/m0/s1. The van der Waals surface area contributed by atoms with Gasteiger partial charge in [0.05, 0.1) is 16.7 Å². The van der Waals surface area contributed by atoms with Crippen LogP contribution in [0.1, 0.15) is 40.2 Å². The van der Waals surface area contributed by atoms with Gasteiger partial charge >= 0.3 is 6.09 Å². The molecule has 2 rings (SSSR count). The molecule has 0 saturated carbocycles. The molecule has 0 radical (unpaired) electrons. The molecular weight excluding hydrogens is 375 g/mol. The number of nitrogens with zero attached hydrogens (tertiary/aromatic N) is 2. The fourth-order valence-corrected chi connectivity index (χ4v) is 3.33. The normalized spacial score (nSPS) is 18.7. The molecule has 5 nitrogen and oxygen atoms in total. The third-order valence-corrected chi connectivity index (χ3v) is 4.86. The van der Waals surface area contributed by atoms with Gasteiger partial charge in [0.25, 0.3) is 0 Å². The zero-order valence-electron chi connectivity index (χ0n) is 16.1. The summed E-state index contributed by atoms with van der Waals surface area (Å²) in [5.74, 6) is 0.754. The molecule has 1 aromatic rings. The molecule has 1 atom stereocenters. The molecular formula is C19H28Cl2N2O3. The van der Waals surface area contributed by atoms with Gasteiger partial charge in [-0.05, 0) is 40.7 Å². The van der Waals surface area contributed by atoms with Gasteiger partial charge < -0.3 is 14.4 Å². The topological polar surface area (TPSA) is 42.0 Å². The Morgan fingerprint density at radius 1 is 1.23 bits per heavy atom. The van der Waals surface area contributed by atoms with Crippen molar-refractivity contribution in [1.82, 2.24) is 9.80 Å². The van der Waals surface area contributed by atoms with E-state index in [1.165, 1.54) is 0 Å². The average Bonchev–Trinajstić information content (AvgIpc) is 2.50. The lowest BCUT2D eigenvalue weighted by Crippen LogP contribution is -2.54. The van der Waals surface area contributed by atoms with Gasteiger partial charge in [0.1, 0.15) is 11.4 Å². The third-order valence-electron chi connectivity index (χ3n) is 4.14. The lowest BCUT2D eigenvalue weighted by molar-refractivity contribution is 0.000466. The van der Waals surface area contributed by atoms with Gasteiger partial charge in [0.15, 0.2) is 0 Å². The highest BCUT2D eigenvalue weighted by atomic mass is 35.5. The average molecular weight is 403 g/mol. The smallest absolute Gasteiger partial charge is 0.410 e. The highest BCUT2D eigenvalue weighted by molar-refractivity contribution is 6.42. The van der Waals surface area contributed by atoms with E-state index in [-0.39, 0.29) is 12.1 Å². The van der Waals surface area contributed by atoms with Crippen molar-refractivity contribution in [1.29, 1.82) is 0 Å². The van der Waals surface area contributed by atoms with Crippen molar-refractivity contribution in [2.24, 2.45) is 0 Å². The minimum absolute atomic E-state index is 0.0666. The van der Waals surface area contributed by atoms with Crippen LogP contribution in [-0.2, 0) is 11.3 Å². The molecule has 26 heavy (non-hydrogen) atoms. The van der Waals surface area contributed by atoms with Crippen LogP contribution in [0.5, 0.6) is 5.75 Å². The molecule has 1 fully saturated rings. The molecule has 0 N–H and O–H groups in total. The maximum absolute atomic E-state index is 12.3. The largest absolute Gasteiger partial charge is 0.493 e. The summed E-state index contributed by atoms with van der Waals surface area (Å²) in [5.41, 5.74) is 0.514. The lowest BCUT2D eigenvalue weighted by atomic mass is 10.1. The number of piperazine rings is 1. The van der Waals surface area contributed by atoms with E-state index in [1.807, 2.05) is 40.7 Å². The molecule has 0 unspecified atom stereocenters. The fourth-order valence-electron chi connectivity index (χ4n) is 2.99. The van der Waals surface area contributed by atoms with Crippen LogP contribution in [0, 0.1) is 0 Å². The van der Waals surface area contributed by atoms with E-state index in [0.717, 1.165) is 24.4 Å². The van der Waals surface area contributed by atoms with Crippen molar-refractivity contribution >= 4 is 29.3 Å². The Morgan fingerprint density at radius 3 is 2.46 bits per heavy atom. The molecule has 146 valence electrons. The highest BCUT2D eigenvalue weighted by Gasteiger charge is 2.31. The fraction of sp³-hybridized carbons (Fsp3) is 0.632. The second-order valence-corrected chi connectivity index (χ2v) is 8.38. The lowest BCUT2D eigenvalue weighted by Gasteiger charge is -2.40. The zero-order valence-corrected chi connectivity index (χ0v) is 17.7. The number of hydrogen-bond acceptors (Lipinski definition) is 4. The Hall–Kier alpha value is -1.17. The van der Waals surface area contributed by atoms with Crippen LogP contribution in [0.15, 0.2) is 12.1 Å². The van der Waals surface area contributed by atoms with Gasteiger partial charge in [-0.1, -0.05) is 23.2 Å². The number of halogens is 2. The molecule has 0 bridgehead atoms. The highest BCUT2D eigenvalue weighted by Crippen LogP contribution is 2.32. The molecule has 7 heteroatoms. The predicted octanol–water partition coefficient (Wildman–Crippen LogP) is 4.83. The molecule has 1 aliphatic rings. The van der Waals surface area contributed by atoms with Gasteiger partial charge in [0.2, 0.25) is 0 Å². The molecule has 1 amide bonds. The molecule has 1 saturated heterocycles. The summed E-state index contributed by atoms with van der Waals surface area (Å²) in [4.78, 5) is 16.4. The summed E-state index contributed by atoms with van der Waals surface area (Å²) in [6.07, 6.45) is -0.255. The van der Waals surface area contributed by atoms with Crippen LogP contribution in [0.4, 0.5) is 4.79 Å². The first-order valence-electron chi connectivity index (χ1n) is 8.93. The van der Waals surface area contributed by atoms with E-state index >= 15 is 0 Å². The zero-order chi connectivity index (χ0) is 19.5. The second-order valence-electron chi connectivity index (χ2n) is 7.56. The summed E-state index contributed by atoms with van der Waals surface area (Å²) in [6.45, 7) is 13.0. The van der Waals surface area contributed by atoms with Crippen LogP contribution in [-0.4, -0.2) is 53.8 Å². The van der Waals surface area contributed by atoms with Crippen molar-refractivity contribution in [3.63, 3.8) is 0 Å². The van der Waals surface area contributed by atoms with E-state index < -0.39 is 5.60 Å². The predicted molar refractivity (Wildman–Crippen MR) is 105 cm³/mol. The van der Waals surface area contributed by atoms with Crippen LogP contribution in [0.2, 0.25) is 10.0 Å². The Bertz CT molecular complexity index is 646. The van der Waals surface area contributed by atoms with Crippen molar-refractivity contribution in [2.75, 3.05) is 26.2 Å². The number of carbonyl (C=O) groups excluding carboxylic acids is 1.